The second-order valence-electron chi connectivity index (χ2n) is 6.61. The van der Waals surface area contributed by atoms with Crippen molar-refractivity contribution in [2.24, 2.45) is 23.2 Å². The van der Waals surface area contributed by atoms with Gasteiger partial charge in [0.2, 0.25) is 0 Å². The summed E-state index contributed by atoms with van der Waals surface area (Å²) in [7, 11) is 0. The van der Waals surface area contributed by atoms with Gasteiger partial charge in [-0.3, -0.25) is 0 Å². The first-order valence-corrected chi connectivity index (χ1v) is 6.56. The van der Waals surface area contributed by atoms with Crippen LogP contribution >= 0.6 is 0 Å². The van der Waals surface area contributed by atoms with Gasteiger partial charge in [-0.1, -0.05) is 32.9 Å². The summed E-state index contributed by atoms with van der Waals surface area (Å²) >= 11 is 0. The fourth-order valence-electron chi connectivity index (χ4n) is 3.81. The summed E-state index contributed by atoms with van der Waals surface area (Å²) < 4.78 is 5.13. The zero-order valence-corrected chi connectivity index (χ0v) is 10.8. The minimum Gasteiger partial charge on any atom is -0.457 e. The molecule has 1 heterocycles. The molecule has 0 unspecified atom stereocenters. The molecule has 2 heteroatoms. The Morgan fingerprint density at radius 3 is 2.82 bits per heavy atom. The normalized spacial score (nSPS) is 38.8. The van der Waals surface area contributed by atoms with E-state index in [0.29, 0.717) is 29.8 Å². The molecular weight excluding hydrogens is 212 g/mol. The van der Waals surface area contributed by atoms with Gasteiger partial charge in [-0.25, -0.2) is 4.79 Å². The molecule has 3 aliphatic rings. The van der Waals surface area contributed by atoms with Crippen molar-refractivity contribution in [3.8, 4) is 0 Å². The molecule has 92 valence electrons. The monoisotopic (exact) mass is 232 g/mol. The van der Waals surface area contributed by atoms with E-state index >= 15 is 0 Å². The number of esters is 1. The lowest BCUT2D eigenvalue weighted by Gasteiger charge is -2.20. The topological polar surface area (TPSA) is 26.3 Å². The molecule has 0 bridgehead atoms. The number of carbonyl (C=O) groups is 1. The van der Waals surface area contributed by atoms with Crippen molar-refractivity contribution in [1.29, 1.82) is 0 Å². The molecule has 2 fully saturated rings. The van der Waals surface area contributed by atoms with E-state index in [1.165, 1.54) is 12.8 Å². The van der Waals surface area contributed by atoms with Crippen LogP contribution in [0.25, 0.3) is 0 Å². The van der Waals surface area contributed by atoms with Gasteiger partial charge in [0.05, 0.1) is 5.57 Å². The van der Waals surface area contributed by atoms with Crippen molar-refractivity contribution in [2.75, 3.05) is 6.61 Å². The van der Waals surface area contributed by atoms with Crippen LogP contribution in [0.4, 0.5) is 0 Å². The molecule has 0 amide bonds. The number of hydrogen-bond acceptors (Lipinski definition) is 2. The Bertz CT molecular complexity index is 428. The van der Waals surface area contributed by atoms with E-state index in [0.717, 1.165) is 11.1 Å². The largest absolute Gasteiger partial charge is 0.457 e. The van der Waals surface area contributed by atoms with Crippen LogP contribution in [-0.2, 0) is 9.53 Å². The smallest absolute Gasteiger partial charge is 0.338 e. The quantitative estimate of drug-likeness (QED) is 0.600. The average Bonchev–Trinajstić information content (AvgIpc) is 2.68. The van der Waals surface area contributed by atoms with Gasteiger partial charge in [-0.2, -0.15) is 0 Å². The predicted molar refractivity (Wildman–Crippen MR) is 66.3 cm³/mol. The van der Waals surface area contributed by atoms with Gasteiger partial charge >= 0.3 is 5.97 Å². The molecule has 0 spiro atoms. The first-order chi connectivity index (χ1) is 7.96. The van der Waals surface area contributed by atoms with E-state index < -0.39 is 0 Å². The summed E-state index contributed by atoms with van der Waals surface area (Å²) in [4.78, 5) is 11.6. The number of rotatable bonds is 0. The predicted octanol–water partition coefficient (Wildman–Crippen LogP) is 3.10. The van der Waals surface area contributed by atoms with E-state index in [2.05, 4.69) is 32.9 Å². The molecule has 0 aromatic heterocycles. The van der Waals surface area contributed by atoms with Crippen LogP contribution in [0.5, 0.6) is 0 Å². The van der Waals surface area contributed by atoms with Gasteiger partial charge < -0.3 is 4.74 Å². The minimum absolute atomic E-state index is 0.123. The van der Waals surface area contributed by atoms with Crippen molar-refractivity contribution in [3.63, 3.8) is 0 Å². The average molecular weight is 232 g/mol. The molecule has 0 aromatic carbocycles. The molecule has 1 saturated heterocycles. The second kappa shape index (κ2) is 3.47. The Balaban J connectivity index is 1.99. The molecule has 3 rings (SSSR count). The van der Waals surface area contributed by atoms with Gasteiger partial charge in [-0.15, -0.1) is 0 Å². The maximum atomic E-state index is 11.6. The van der Waals surface area contributed by atoms with Crippen molar-refractivity contribution >= 4 is 5.97 Å². The number of cyclic esters (lactones) is 1. The van der Waals surface area contributed by atoms with Crippen LogP contribution in [0.1, 0.15) is 33.6 Å². The summed E-state index contributed by atoms with van der Waals surface area (Å²) in [5.41, 5.74) is 2.41. The Morgan fingerprint density at radius 1 is 1.29 bits per heavy atom. The van der Waals surface area contributed by atoms with Crippen LogP contribution in [0.15, 0.2) is 23.3 Å². The van der Waals surface area contributed by atoms with Gasteiger partial charge in [0.25, 0.3) is 0 Å². The standard InChI is InChI=1S/C15H20O2/c1-9-4-12-11(8-17-14(12)16)5-10-6-15(2,3)7-13(9)10/h4-5,9-10,13H,6-8H2,1-3H3/t9-,10+,13+/m0/s1. The third-order valence-corrected chi connectivity index (χ3v) is 4.57. The van der Waals surface area contributed by atoms with Gasteiger partial charge in [0.1, 0.15) is 6.61 Å². The fourth-order valence-corrected chi connectivity index (χ4v) is 3.81. The molecule has 17 heavy (non-hydrogen) atoms. The molecule has 0 aromatic rings. The highest BCUT2D eigenvalue weighted by Crippen LogP contribution is 2.51. The molecule has 1 saturated carbocycles. The van der Waals surface area contributed by atoms with Crippen LogP contribution < -0.4 is 0 Å². The van der Waals surface area contributed by atoms with Gasteiger partial charge in [-0.05, 0) is 41.6 Å². The fraction of sp³-hybridized carbons (Fsp3) is 0.667. The van der Waals surface area contributed by atoms with E-state index in [4.69, 9.17) is 4.74 Å². The summed E-state index contributed by atoms with van der Waals surface area (Å²) in [5.74, 6) is 1.68. The third-order valence-electron chi connectivity index (χ3n) is 4.57. The Hall–Kier alpha value is -1.05. The van der Waals surface area contributed by atoms with Gasteiger partial charge in [0, 0.05) is 0 Å². The third kappa shape index (κ3) is 1.74. The molecular formula is C15H20O2. The van der Waals surface area contributed by atoms with Crippen LogP contribution in [-0.4, -0.2) is 12.6 Å². The minimum atomic E-state index is -0.123. The lowest BCUT2D eigenvalue weighted by Crippen LogP contribution is -2.13. The summed E-state index contributed by atoms with van der Waals surface area (Å²) in [6, 6.07) is 0. The molecule has 1 aliphatic heterocycles. The number of hydrogen-bond donors (Lipinski definition) is 0. The van der Waals surface area contributed by atoms with E-state index in [1.807, 2.05) is 0 Å². The van der Waals surface area contributed by atoms with Crippen molar-refractivity contribution in [2.45, 2.75) is 33.6 Å². The number of carbonyl (C=O) groups excluding carboxylic acids is 1. The maximum Gasteiger partial charge on any atom is 0.338 e. The van der Waals surface area contributed by atoms with Crippen molar-refractivity contribution in [1.82, 2.24) is 0 Å². The van der Waals surface area contributed by atoms with E-state index in [-0.39, 0.29) is 5.97 Å². The Kier molecular flexibility index (Phi) is 2.26. The lowest BCUT2D eigenvalue weighted by atomic mass is 9.84. The van der Waals surface area contributed by atoms with Crippen molar-refractivity contribution in [3.05, 3.63) is 23.3 Å². The summed E-state index contributed by atoms with van der Waals surface area (Å²) in [6.07, 6.45) is 6.97. The summed E-state index contributed by atoms with van der Waals surface area (Å²) in [5, 5.41) is 0. The Labute approximate surface area is 103 Å². The highest BCUT2D eigenvalue weighted by Gasteiger charge is 2.43. The first kappa shape index (κ1) is 11.1. The highest BCUT2D eigenvalue weighted by molar-refractivity contribution is 5.96. The zero-order valence-electron chi connectivity index (χ0n) is 10.8. The molecule has 2 aliphatic carbocycles. The number of fused-ring (bicyclic) bond motifs is 2. The van der Waals surface area contributed by atoms with Crippen LogP contribution in [0, 0.1) is 23.2 Å². The maximum absolute atomic E-state index is 11.6. The molecule has 0 radical (unpaired) electrons. The molecule has 0 N–H and O–H groups in total. The first-order valence-electron chi connectivity index (χ1n) is 6.56. The Morgan fingerprint density at radius 2 is 2.06 bits per heavy atom. The van der Waals surface area contributed by atoms with Crippen LogP contribution in [0.3, 0.4) is 0 Å². The summed E-state index contributed by atoms with van der Waals surface area (Å²) in [6.45, 7) is 7.44. The second-order valence-corrected chi connectivity index (χ2v) is 6.61. The molecule has 2 nitrogen and oxygen atoms in total. The van der Waals surface area contributed by atoms with E-state index in [9.17, 15) is 4.79 Å². The number of allylic oxidation sites excluding steroid dienone is 2. The molecule has 3 atom stereocenters. The number of ether oxygens (including phenoxy) is 1. The highest BCUT2D eigenvalue weighted by atomic mass is 16.5. The van der Waals surface area contributed by atoms with Crippen molar-refractivity contribution < 1.29 is 9.53 Å². The van der Waals surface area contributed by atoms with Crippen LogP contribution in [0.2, 0.25) is 0 Å². The van der Waals surface area contributed by atoms with E-state index in [1.54, 1.807) is 0 Å². The van der Waals surface area contributed by atoms with Gasteiger partial charge in [0.15, 0.2) is 0 Å². The lowest BCUT2D eigenvalue weighted by molar-refractivity contribution is -0.135. The zero-order chi connectivity index (χ0) is 12.2. The SMILES string of the molecule is C[C@H]1C=C2C(=O)OCC2=C[C@@H]2CC(C)(C)C[C@@H]21.